The van der Waals surface area contributed by atoms with E-state index in [0.29, 0.717) is 5.82 Å². The molecular formula is C28H33N5O. The minimum Gasteiger partial charge on any atom is -0.369 e. The lowest BCUT2D eigenvalue weighted by Gasteiger charge is -2.27. The van der Waals surface area contributed by atoms with Crippen molar-refractivity contribution in [1.82, 2.24) is 9.97 Å². The Morgan fingerprint density at radius 3 is 2.62 bits per heavy atom. The number of carbonyl (C=O) groups is 1. The molecule has 1 amide bonds. The summed E-state index contributed by atoms with van der Waals surface area (Å²) in [7, 11) is 0. The molecule has 3 aliphatic rings. The first-order valence-corrected chi connectivity index (χ1v) is 12.9. The van der Waals surface area contributed by atoms with E-state index in [-0.39, 0.29) is 17.9 Å². The summed E-state index contributed by atoms with van der Waals surface area (Å²) >= 11 is 0. The second kappa shape index (κ2) is 8.99. The lowest BCUT2D eigenvalue weighted by Crippen LogP contribution is -2.27. The summed E-state index contributed by atoms with van der Waals surface area (Å²) in [4.78, 5) is 24.3. The number of fused-ring (bicyclic) bond motifs is 2. The van der Waals surface area contributed by atoms with Crippen molar-refractivity contribution in [3.8, 4) is 11.1 Å². The molecule has 0 unspecified atom stereocenters. The number of pyridine rings is 2. The number of carbonyl (C=O) groups excluding carboxylic acids is 1. The topological polar surface area (TPSA) is 84.1 Å². The molecular weight excluding hydrogens is 422 g/mol. The molecule has 6 rings (SSSR count). The summed E-state index contributed by atoms with van der Waals surface area (Å²) in [6.45, 7) is 1.91. The molecule has 1 aliphatic heterocycles. The van der Waals surface area contributed by atoms with Gasteiger partial charge >= 0.3 is 0 Å². The van der Waals surface area contributed by atoms with Crippen LogP contribution in [0, 0.1) is 5.92 Å². The molecule has 176 valence electrons. The van der Waals surface area contributed by atoms with Crippen LogP contribution in [0.1, 0.15) is 56.2 Å². The average Bonchev–Trinajstić information content (AvgIpc) is 3.60. The maximum Gasteiger partial charge on any atom is 0.228 e. The molecule has 0 radical (unpaired) electrons. The molecule has 6 heteroatoms. The largest absolute Gasteiger partial charge is 0.369 e. The highest BCUT2D eigenvalue weighted by Gasteiger charge is 2.30. The van der Waals surface area contributed by atoms with Crippen LogP contribution in [0.15, 0.2) is 36.5 Å². The Morgan fingerprint density at radius 1 is 1.00 bits per heavy atom. The van der Waals surface area contributed by atoms with Gasteiger partial charge in [-0.25, -0.2) is 4.98 Å². The minimum atomic E-state index is 0.0821. The number of aryl methyl sites for hydroxylation is 1. The zero-order valence-electron chi connectivity index (χ0n) is 19.7. The van der Waals surface area contributed by atoms with Crippen molar-refractivity contribution in [2.45, 2.75) is 63.8 Å². The van der Waals surface area contributed by atoms with E-state index in [0.717, 1.165) is 61.8 Å². The summed E-state index contributed by atoms with van der Waals surface area (Å²) in [5.74, 6) is 0.862. The second-order valence-electron chi connectivity index (χ2n) is 10.2. The van der Waals surface area contributed by atoms with Crippen LogP contribution in [0.3, 0.4) is 0 Å². The van der Waals surface area contributed by atoms with E-state index in [1.807, 2.05) is 12.1 Å². The van der Waals surface area contributed by atoms with Crippen molar-refractivity contribution in [2.24, 2.45) is 11.7 Å². The maximum absolute atomic E-state index is 12.2. The van der Waals surface area contributed by atoms with Gasteiger partial charge in [-0.1, -0.05) is 18.9 Å². The number of amides is 1. The Kier molecular flexibility index (Phi) is 5.69. The summed E-state index contributed by atoms with van der Waals surface area (Å²) < 4.78 is 0. The molecule has 2 aromatic heterocycles. The van der Waals surface area contributed by atoms with Crippen LogP contribution in [0.25, 0.3) is 22.0 Å². The monoisotopic (exact) mass is 455 g/mol. The summed E-state index contributed by atoms with van der Waals surface area (Å²) in [6, 6.07) is 10.8. The van der Waals surface area contributed by atoms with E-state index in [4.69, 9.17) is 10.7 Å². The van der Waals surface area contributed by atoms with Crippen LogP contribution >= 0.6 is 0 Å². The Morgan fingerprint density at radius 2 is 1.82 bits per heavy atom. The van der Waals surface area contributed by atoms with E-state index in [9.17, 15) is 4.79 Å². The van der Waals surface area contributed by atoms with Crippen molar-refractivity contribution >= 4 is 28.3 Å². The highest BCUT2D eigenvalue weighted by molar-refractivity contribution is 5.97. The molecule has 1 aromatic carbocycles. The first kappa shape index (κ1) is 21.5. The van der Waals surface area contributed by atoms with Gasteiger partial charge in [-0.2, -0.15) is 0 Å². The molecule has 1 saturated heterocycles. The van der Waals surface area contributed by atoms with Gasteiger partial charge in [0, 0.05) is 42.3 Å². The highest BCUT2D eigenvalue weighted by atomic mass is 16.2. The van der Waals surface area contributed by atoms with E-state index in [1.54, 1.807) is 6.20 Å². The third-order valence-electron chi connectivity index (χ3n) is 7.57. The average molecular weight is 456 g/mol. The first-order chi connectivity index (χ1) is 16.7. The standard InChI is InChI=1S/C28H33N5O/c29-21-12-14-33(17-21)27-22-5-3-1-2-4-6-24(22)31-25-10-9-19(15-23(25)27)20-11-13-30-26(16-20)32-28(34)18-7-8-18/h9-11,13,15-16,18,21H,1-8,12,14,17,29H2,(H,30,32,34)/t21-/m0/s1. The smallest absolute Gasteiger partial charge is 0.228 e. The number of aromatic nitrogens is 2. The van der Waals surface area contributed by atoms with E-state index in [1.165, 1.54) is 48.0 Å². The van der Waals surface area contributed by atoms with Crippen molar-refractivity contribution in [3.05, 3.63) is 47.8 Å². The number of benzene rings is 1. The molecule has 1 saturated carbocycles. The number of hydrogen-bond acceptors (Lipinski definition) is 5. The molecule has 2 aliphatic carbocycles. The Hall–Kier alpha value is -2.99. The van der Waals surface area contributed by atoms with Crippen LogP contribution in [-0.2, 0) is 17.6 Å². The summed E-state index contributed by atoms with van der Waals surface area (Å²) in [5, 5.41) is 4.20. The molecule has 0 spiro atoms. The van der Waals surface area contributed by atoms with Crippen molar-refractivity contribution in [3.63, 3.8) is 0 Å². The Bertz CT molecular complexity index is 1230. The van der Waals surface area contributed by atoms with E-state index in [2.05, 4.69) is 33.4 Å². The maximum atomic E-state index is 12.2. The summed E-state index contributed by atoms with van der Waals surface area (Å²) in [5.41, 5.74) is 13.7. The van der Waals surface area contributed by atoms with Gasteiger partial charge in [0.05, 0.1) is 11.2 Å². The van der Waals surface area contributed by atoms with Gasteiger partial charge < -0.3 is 16.0 Å². The molecule has 6 nitrogen and oxygen atoms in total. The summed E-state index contributed by atoms with van der Waals surface area (Å²) in [6.07, 6.45) is 12.0. The number of anilines is 2. The number of nitrogens with zero attached hydrogens (tertiary/aromatic N) is 3. The third-order valence-corrected chi connectivity index (χ3v) is 7.57. The predicted octanol–water partition coefficient (Wildman–Crippen LogP) is 4.84. The molecule has 0 bridgehead atoms. The SMILES string of the molecule is N[C@H]1CCN(c2c3c(nc4ccc(-c5ccnc(NC(=O)C6CC6)c5)cc24)CCCCCC3)C1. The molecule has 3 heterocycles. The minimum absolute atomic E-state index is 0.0821. The number of hydrogen-bond donors (Lipinski definition) is 2. The van der Waals surface area contributed by atoms with Gasteiger partial charge in [0.15, 0.2) is 0 Å². The highest BCUT2D eigenvalue weighted by Crippen LogP contribution is 2.38. The van der Waals surface area contributed by atoms with Crippen LogP contribution in [0.2, 0.25) is 0 Å². The fraction of sp³-hybridized carbons (Fsp3) is 0.464. The Labute approximate surface area is 201 Å². The van der Waals surface area contributed by atoms with Crippen molar-refractivity contribution in [2.75, 3.05) is 23.3 Å². The molecule has 3 N–H and O–H groups in total. The number of rotatable bonds is 4. The van der Waals surface area contributed by atoms with Crippen LogP contribution in [0.4, 0.5) is 11.5 Å². The molecule has 2 fully saturated rings. The predicted molar refractivity (Wildman–Crippen MR) is 137 cm³/mol. The number of nitrogens with two attached hydrogens (primary N) is 1. The van der Waals surface area contributed by atoms with E-state index >= 15 is 0 Å². The van der Waals surface area contributed by atoms with Crippen molar-refractivity contribution in [1.29, 1.82) is 0 Å². The van der Waals surface area contributed by atoms with Gasteiger partial charge in [-0.15, -0.1) is 0 Å². The molecule has 1 atom stereocenters. The van der Waals surface area contributed by atoms with Crippen LogP contribution < -0.4 is 16.0 Å². The van der Waals surface area contributed by atoms with Gasteiger partial charge in [-0.05, 0) is 85.9 Å². The molecule has 3 aromatic rings. The van der Waals surface area contributed by atoms with Crippen LogP contribution in [-0.4, -0.2) is 35.0 Å². The normalized spacial score (nSPS) is 20.6. The lowest BCUT2D eigenvalue weighted by molar-refractivity contribution is -0.117. The molecule has 34 heavy (non-hydrogen) atoms. The number of nitrogens with one attached hydrogen (secondary N) is 1. The quantitative estimate of drug-likeness (QED) is 0.588. The van der Waals surface area contributed by atoms with Gasteiger partial charge in [-0.3, -0.25) is 9.78 Å². The van der Waals surface area contributed by atoms with E-state index < -0.39 is 0 Å². The first-order valence-electron chi connectivity index (χ1n) is 12.9. The zero-order valence-corrected chi connectivity index (χ0v) is 19.7. The Balaban J connectivity index is 1.44. The van der Waals surface area contributed by atoms with Gasteiger partial charge in [0.25, 0.3) is 0 Å². The second-order valence-corrected chi connectivity index (χ2v) is 10.2. The van der Waals surface area contributed by atoms with Gasteiger partial charge in [0.2, 0.25) is 5.91 Å². The lowest BCUT2D eigenvalue weighted by atomic mass is 9.92. The van der Waals surface area contributed by atoms with Crippen LogP contribution in [0.5, 0.6) is 0 Å². The van der Waals surface area contributed by atoms with Crippen molar-refractivity contribution < 1.29 is 4.79 Å². The fourth-order valence-corrected chi connectivity index (χ4v) is 5.54. The third kappa shape index (κ3) is 4.27. The fourth-order valence-electron chi connectivity index (χ4n) is 5.54. The van der Waals surface area contributed by atoms with Gasteiger partial charge in [0.1, 0.15) is 5.82 Å². The zero-order chi connectivity index (χ0) is 23.1.